The molecule has 0 aliphatic carbocycles. The summed E-state index contributed by atoms with van der Waals surface area (Å²) in [7, 11) is 0. The molecule has 14 heavy (non-hydrogen) atoms. The number of halogens is 1. The van der Waals surface area contributed by atoms with Crippen LogP contribution in [0.3, 0.4) is 0 Å². The first kappa shape index (κ1) is 11.5. The van der Waals surface area contributed by atoms with E-state index >= 15 is 0 Å². The molecule has 0 N–H and O–H groups in total. The van der Waals surface area contributed by atoms with Crippen molar-refractivity contribution in [1.29, 1.82) is 0 Å². The van der Waals surface area contributed by atoms with E-state index in [2.05, 4.69) is 34.3 Å². The van der Waals surface area contributed by atoms with E-state index in [9.17, 15) is 4.79 Å². The second kappa shape index (κ2) is 4.30. The van der Waals surface area contributed by atoms with E-state index in [4.69, 9.17) is 0 Å². The van der Waals surface area contributed by atoms with Crippen LogP contribution in [-0.4, -0.2) is 15.7 Å². The molecule has 1 heterocycles. The first-order valence-electron chi connectivity index (χ1n) is 4.76. The lowest BCUT2D eigenvalue weighted by atomic mass is 10.2. The standard InChI is InChI=1S/C11H16BrNO/c1-7(2)13-8(3)5-10(9(13)4)11(14)6-12/h5,7H,6H2,1-4H3. The zero-order valence-electron chi connectivity index (χ0n) is 9.10. The van der Waals surface area contributed by atoms with Gasteiger partial charge in [-0.15, -0.1) is 0 Å². The Morgan fingerprint density at radius 3 is 2.43 bits per heavy atom. The van der Waals surface area contributed by atoms with Crippen molar-refractivity contribution >= 4 is 21.7 Å². The molecule has 0 atom stereocenters. The first-order valence-corrected chi connectivity index (χ1v) is 5.88. The number of hydrogen-bond acceptors (Lipinski definition) is 1. The predicted molar refractivity (Wildman–Crippen MR) is 62.4 cm³/mol. The molecule has 0 saturated heterocycles. The van der Waals surface area contributed by atoms with E-state index in [1.807, 2.05) is 19.9 Å². The zero-order chi connectivity index (χ0) is 10.9. The Morgan fingerprint density at radius 2 is 2.07 bits per heavy atom. The van der Waals surface area contributed by atoms with Crippen molar-refractivity contribution in [2.75, 3.05) is 5.33 Å². The Hall–Kier alpha value is -0.570. The maximum Gasteiger partial charge on any atom is 0.175 e. The summed E-state index contributed by atoms with van der Waals surface area (Å²) in [4.78, 5) is 11.6. The van der Waals surface area contributed by atoms with Crippen LogP contribution >= 0.6 is 15.9 Å². The molecule has 78 valence electrons. The number of hydrogen-bond donors (Lipinski definition) is 0. The molecule has 1 aromatic heterocycles. The van der Waals surface area contributed by atoms with E-state index in [1.165, 1.54) is 0 Å². The molecular formula is C11H16BrNO. The third-order valence-corrected chi connectivity index (χ3v) is 2.93. The molecule has 0 aliphatic heterocycles. The van der Waals surface area contributed by atoms with Gasteiger partial charge in [-0.1, -0.05) is 15.9 Å². The number of nitrogens with zero attached hydrogens (tertiary/aromatic N) is 1. The second-order valence-corrected chi connectivity index (χ2v) is 4.37. The van der Waals surface area contributed by atoms with Gasteiger partial charge in [0, 0.05) is 23.0 Å². The highest BCUT2D eigenvalue weighted by Gasteiger charge is 2.15. The maximum absolute atomic E-state index is 11.6. The van der Waals surface area contributed by atoms with Gasteiger partial charge in [0.25, 0.3) is 0 Å². The minimum atomic E-state index is 0.157. The van der Waals surface area contributed by atoms with Gasteiger partial charge in [0.05, 0.1) is 5.33 Å². The predicted octanol–water partition coefficient (Wildman–Crippen LogP) is 3.26. The van der Waals surface area contributed by atoms with Gasteiger partial charge in [-0.05, 0) is 33.8 Å². The molecule has 0 radical (unpaired) electrons. The maximum atomic E-state index is 11.6. The molecule has 3 heteroatoms. The van der Waals surface area contributed by atoms with Crippen LogP contribution in [0.15, 0.2) is 6.07 Å². The van der Waals surface area contributed by atoms with Crippen molar-refractivity contribution < 1.29 is 4.79 Å². The van der Waals surface area contributed by atoms with Gasteiger partial charge in [0.15, 0.2) is 5.78 Å². The Morgan fingerprint density at radius 1 is 1.50 bits per heavy atom. The molecule has 0 aliphatic rings. The summed E-state index contributed by atoms with van der Waals surface area (Å²) in [6.45, 7) is 8.30. The number of carbonyl (C=O) groups excluding carboxylic acids is 1. The fourth-order valence-electron chi connectivity index (χ4n) is 1.93. The Kier molecular flexibility index (Phi) is 3.53. The lowest BCUT2D eigenvalue weighted by molar-refractivity contribution is 0.102. The van der Waals surface area contributed by atoms with Gasteiger partial charge in [0.2, 0.25) is 0 Å². The topological polar surface area (TPSA) is 22.0 Å². The Balaban J connectivity index is 3.23. The van der Waals surface area contributed by atoms with E-state index in [0.29, 0.717) is 11.4 Å². The second-order valence-electron chi connectivity index (χ2n) is 3.81. The minimum Gasteiger partial charge on any atom is -0.346 e. The number of aromatic nitrogens is 1. The van der Waals surface area contributed by atoms with Crippen LogP contribution in [0.2, 0.25) is 0 Å². The van der Waals surface area contributed by atoms with Crippen molar-refractivity contribution in [3.63, 3.8) is 0 Å². The summed E-state index contributed by atoms with van der Waals surface area (Å²) >= 11 is 3.20. The fraction of sp³-hybridized carbons (Fsp3) is 0.545. The number of Topliss-reactive ketones (excluding diaryl/α,β-unsaturated/α-hetero) is 1. The van der Waals surface area contributed by atoms with Gasteiger partial charge in [0.1, 0.15) is 0 Å². The molecular weight excluding hydrogens is 242 g/mol. The van der Waals surface area contributed by atoms with Gasteiger partial charge < -0.3 is 4.57 Å². The highest BCUT2D eigenvalue weighted by Crippen LogP contribution is 2.20. The first-order chi connectivity index (χ1) is 6.49. The zero-order valence-corrected chi connectivity index (χ0v) is 10.7. The van der Waals surface area contributed by atoms with Crippen LogP contribution < -0.4 is 0 Å². The molecule has 0 amide bonds. The van der Waals surface area contributed by atoms with Crippen molar-refractivity contribution in [2.45, 2.75) is 33.7 Å². The van der Waals surface area contributed by atoms with Crippen LogP contribution in [0.1, 0.15) is 41.6 Å². The summed E-state index contributed by atoms with van der Waals surface area (Å²) in [5, 5.41) is 0.398. The van der Waals surface area contributed by atoms with Gasteiger partial charge in [-0.2, -0.15) is 0 Å². The quantitative estimate of drug-likeness (QED) is 0.602. The number of ketones is 1. The van der Waals surface area contributed by atoms with Gasteiger partial charge in [-0.3, -0.25) is 4.79 Å². The largest absolute Gasteiger partial charge is 0.346 e. The molecule has 1 aromatic rings. The molecule has 0 saturated carbocycles. The Bertz CT molecular complexity index is 352. The van der Waals surface area contributed by atoms with Crippen LogP contribution in [-0.2, 0) is 0 Å². The highest BCUT2D eigenvalue weighted by molar-refractivity contribution is 9.09. The third-order valence-electron chi connectivity index (χ3n) is 2.42. The average molecular weight is 258 g/mol. The smallest absolute Gasteiger partial charge is 0.175 e. The summed E-state index contributed by atoms with van der Waals surface area (Å²) in [6, 6.07) is 2.38. The summed E-state index contributed by atoms with van der Waals surface area (Å²) in [6.07, 6.45) is 0. The summed E-state index contributed by atoms with van der Waals surface area (Å²) in [5.74, 6) is 0.157. The van der Waals surface area contributed by atoms with E-state index in [-0.39, 0.29) is 5.78 Å². The monoisotopic (exact) mass is 257 g/mol. The lowest BCUT2D eigenvalue weighted by Gasteiger charge is -2.13. The van der Waals surface area contributed by atoms with Crippen molar-refractivity contribution in [3.05, 3.63) is 23.0 Å². The van der Waals surface area contributed by atoms with Crippen molar-refractivity contribution in [3.8, 4) is 0 Å². The van der Waals surface area contributed by atoms with E-state index in [1.54, 1.807) is 0 Å². The number of alkyl halides is 1. The number of aryl methyl sites for hydroxylation is 1. The molecule has 0 bridgehead atoms. The summed E-state index contributed by atoms with van der Waals surface area (Å²) in [5.41, 5.74) is 3.07. The molecule has 0 unspecified atom stereocenters. The van der Waals surface area contributed by atoms with Crippen LogP contribution in [0.5, 0.6) is 0 Å². The third kappa shape index (κ3) is 1.92. The minimum absolute atomic E-state index is 0.157. The molecule has 1 rings (SSSR count). The lowest BCUT2D eigenvalue weighted by Crippen LogP contribution is -2.07. The van der Waals surface area contributed by atoms with Gasteiger partial charge >= 0.3 is 0 Å². The van der Waals surface area contributed by atoms with E-state index in [0.717, 1.165) is 17.0 Å². The molecule has 0 aromatic carbocycles. The molecule has 0 spiro atoms. The molecule has 2 nitrogen and oxygen atoms in total. The fourth-order valence-corrected chi connectivity index (χ4v) is 2.23. The highest BCUT2D eigenvalue weighted by atomic mass is 79.9. The number of carbonyl (C=O) groups is 1. The van der Waals surface area contributed by atoms with Crippen LogP contribution in [0.25, 0.3) is 0 Å². The van der Waals surface area contributed by atoms with Crippen molar-refractivity contribution in [2.24, 2.45) is 0 Å². The SMILES string of the molecule is Cc1cc(C(=O)CBr)c(C)n1C(C)C. The summed E-state index contributed by atoms with van der Waals surface area (Å²) < 4.78 is 2.19. The molecule has 0 fully saturated rings. The van der Waals surface area contributed by atoms with Crippen LogP contribution in [0, 0.1) is 13.8 Å². The van der Waals surface area contributed by atoms with Crippen LogP contribution in [0.4, 0.5) is 0 Å². The number of rotatable bonds is 3. The van der Waals surface area contributed by atoms with E-state index < -0.39 is 0 Å². The normalized spacial score (nSPS) is 11.0. The van der Waals surface area contributed by atoms with Crippen molar-refractivity contribution in [1.82, 2.24) is 4.57 Å². The Labute approximate surface area is 93.4 Å². The van der Waals surface area contributed by atoms with Gasteiger partial charge in [-0.25, -0.2) is 0 Å². The average Bonchev–Trinajstić information content (AvgIpc) is 2.40.